The van der Waals surface area contributed by atoms with Crippen molar-refractivity contribution in [3.05, 3.63) is 59.3 Å². The van der Waals surface area contributed by atoms with Crippen LogP contribution in [0.5, 0.6) is 0 Å². The monoisotopic (exact) mass is 293 g/mol. The van der Waals surface area contributed by atoms with Gasteiger partial charge in [-0.2, -0.15) is 5.26 Å². The van der Waals surface area contributed by atoms with E-state index >= 15 is 0 Å². The Morgan fingerprint density at radius 2 is 2.00 bits per heavy atom. The molecule has 1 aliphatic rings. The Balaban J connectivity index is 1.74. The average molecular weight is 293 g/mol. The molecule has 1 aromatic heterocycles. The van der Waals surface area contributed by atoms with Gasteiger partial charge >= 0.3 is 0 Å². The van der Waals surface area contributed by atoms with Crippen molar-refractivity contribution in [3.63, 3.8) is 0 Å². The molecule has 1 atom stereocenters. The summed E-state index contributed by atoms with van der Waals surface area (Å²) in [6.45, 7) is 2.52. The molecule has 1 saturated carbocycles. The van der Waals surface area contributed by atoms with E-state index in [1.165, 1.54) is 0 Å². The lowest BCUT2D eigenvalue weighted by Crippen LogP contribution is -2.24. The molecular weight excluding hydrogens is 274 g/mol. The molecule has 1 heterocycles. The number of rotatable bonds is 5. The fraction of sp³-hybridized carbons (Fsp3) is 0.333. The Labute approximate surface area is 130 Å². The van der Waals surface area contributed by atoms with Gasteiger partial charge in [-0.3, -0.25) is 0 Å². The molecule has 0 unspecified atom stereocenters. The number of aliphatic hydroxyl groups is 1. The van der Waals surface area contributed by atoms with Gasteiger partial charge < -0.3 is 10.4 Å². The normalized spacial score (nSPS) is 16.6. The van der Waals surface area contributed by atoms with Gasteiger partial charge in [0, 0.05) is 17.7 Å². The van der Waals surface area contributed by atoms with Crippen LogP contribution >= 0.6 is 0 Å². The SMILES string of the molecule is Cc1ccc(C#N)c(NCC2([C@@H](O)c3ccccc3)CC2)n1. The number of nitriles is 1. The summed E-state index contributed by atoms with van der Waals surface area (Å²) >= 11 is 0. The Hall–Kier alpha value is -2.38. The lowest BCUT2D eigenvalue weighted by molar-refractivity contribution is 0.0999. The molecule has 3 rings (SSSR count). The Bertz CT molecular complexity index is 702. The topological polar surface area (TPSA) is 68.9 Å². The van der Waals surface area contributed by atoms with Gasteiger partial charge in [-0.25, -0.2) is 4.98 Å². The van der Waals surface area contributed by atoms with E-state index in [9.17, 15) is 5.11 Å². The molecule has 4 nitrogen and oxygen atoms in total. The molecule has 0 spiro atoms. The van der Waals surface area contributed by atoms with Crippen molar-refractivity contribution in [2.45, 2.75) is 25.9 Å². The molecule has 0 amide bonds. The third-order valence-corrected chi connectivity index (χ3v) is 4.35. The van der Waals surface area contributed by atoms with E-state index in [1.54, 1.807) is 6.07 Å². The van der Waals surface area contributed by atoms with Crippen molar-refractivity contribution >= 4 is 5.82 Å². The largest absolute Gasteiger partial charge is 0.388 e. The molecular formula is C18H19N3O. The minimum atomic E-state index is -0.489. The molecule has 2 aromatic rings. The third kappa shape index (κ3) is 2.81. The lowest BCUT2D eigenvalue weighted by atomic mass is 9.92. The molecule has 0 bridgehead atoms. The van der Waals surface area contributed by atoms with Crippen LogP contribution in [-0.2, 0) is 0 Å². The number of nitrogens with zero attached hydrogens (tertiary/aromatic N) is 2. The van der Waals surface area contributed by atoms with Gasteiger partial charge in [0.2, 0.25) is 0 Å². The molecule has 0 saturated heterocycles. The van der Waals surface area contributed by atoms with Crippen LogP contribution in [0.25, 0.3) is 0 Å². The van der Waals surface area contributed by atoms with Gasteiger partial charge in [0.25, 0.3) is 0 Å². The number of benzene rings is 1. The van der Waals surface area contributed by atoms with Crippen LogP contribution in [0.4, 0.5) is 5.82 Å². The summed E-state index contributed by atoms with van der Waals surface area (Å²) in [4.78, 5) is 4.39. The molecule has 22 heavy (non-hydrogen) atoms. The minimum absolute atomic E-state index is 0.153. The Morgan fingerprint density at radius 1 is 1.27 bits per heavy atom. The molecule has 0 radical (unpaired) electrons. The molecule has 112 valence electrons. The molecule has 2 N–H and O–H groups in total. The number of anilines is 1. The summed E-state index contributed by atoms with van der Waals surface area (Å²) < 4.78 is 0. The third-order valence-electron chi connectivity index (χ3n) is 4.35. The Morgan fingerprint density at radius 3 is 2.64 bits per heavy atom. The highest BCUT2D eigenvalue weighted by Crippen LogP contribution is 2.54. The van der Waals surface area contributed by atoms with E-state index in [0.29, 0.717) is 17.9 Å². The number of nitrogens with one attached hydrogen (secondary N) is 1. The summed E-state index contributed by atoms with van der Waals surface area (Å²) in [5.74, 6) is 0.606. The highest BCUT2D eigenvalue weighted by Gasteiger charge is 2.49. The van der Waals surface area contributed by atoms with E-state index in [-0.39, 0.29) is 5.41 Å². The molecule has 1 fully saturated rings. The zero-order valence-electron chi connectivity index (χ0n) is 12.6. The number of aromatic nitrogens is 1. The maximum atomic E-state index is 10.6. The van der Waals surface area contributed by atoms with Crippen molar-refractivity contribution in [1.29, 1.82) is 5.26 Å². The zero-order chi connectivity index (χ0) is 15.6. The smallest absolute Gasteiger partial charge is 0.144 e. The van der Waals surface area contributed by atoms with Gasteiger partial charge in [0.15, 0.2) is 0 Å². The van der Waals surface area contributed by atoms with Crippen LogP contribution in [-0.4, -0.2) is 16.6 Å². The van der Waals surface area contributed by atoms with Gasteiger partial charge in [-0.1, -0.05) is 30.3 Å². The second-order valence-electron chi connectivity index (χ2n) is 5.99. The van der Waals surface area contributed by atoms with Crippen LogP contribution in [0, 0.1) is 23.7 Å². The Kier molecular flexibility index (Phi) is 3.82. The van der Waals surface area contributed by atoms with E-state index in [1.807, 2.05) is 43.3 Å². The standard InChI is InChI=1S/C18H19N3O/c1-13-7-8-15(11-19)17(21-13)20-12-18(9-10-18)16(22)14-5-3-2-4-6-14/h2-8,16,22H,9-10,12H2,1H3,(H,20,21)/t16-/m0/s1. The first-order chi connectivity index (χ1) is 10.6. The van der Waals surface area contributed by atoms with Crippen molar-refractivity contribution < 1.29 is 5.11 Å². The number of aliphatic hydroxyl groups excluding tert-OH is 1. The second-order valence-corrected chi connectivity index (χ2v) is 5.99. The van der Waals surface area contributed by atoms with Crippen LogP contribution in [0.1, 0.15) is 35.8 Å². The quantitative estimate of drug-likeness (QED) is 0.888. The number of hydrogen-bond donors (Lipinski definition) is 2. The van der Waals surface area contributed by atoms with E-state index in [2.05, 4.69) is 16.4 Å². The van der Waals surface area contributed by atoms with Crippen molar-refractivity contribution in [3.8, 4) is 6.07 Å². The van der Waals surface area contributed by atoms with Gasteiger partial charge in [0.05, 0.1) is 11.7 Å². The van der Waals surface area contributed by atoms with E-state index in [0.717, 1.165) is 24.1 Å². The molecule has 1 aliphatic carbocycles. The molecule has 4 heteroatoms. The first kappa shape index (κ1) is 14.6. The molecule has 1 aromatic carbocycles. The first-order valence-corrected chi connectivity index (χ1v) is 7.49. The van der Waals surface area contributed by atoms with E-state index in [4.69, 9.17) is 5.26 Å². The van der Waals surface area contributed by atoms with Crippen LogP contribution in [0.3, 0.4) is 0 Å². The van der Waals surface area contributed by atoms with Gasteiger partial charge in [0.1, 0.15) is 11.9 Å². The zero-order valence-corrected chi connectivity index (χ0v) is 12.6. The van der Waals surface area contributed by atoms with Crippen LogP contribution < -0.4 is 5.32 Å². The summed E-state index contributed by atoms with van der Waals surface area (Å²) in [5, 5.41) is 23.1. The van der Waals surface area contributed by atoms with Crippen LogP contribution in [0.15, 0.2) is 42.5 Å². The highest BCUT2D eigenvalue weighted by molar-refractivity contribution is 5.52. The van der Waals surface area contributed by atoms with Gasteiger partial charge in [-0.15, -0.1) is 0 Å². The first-order valence-electron chi connectivity index (χ1n) is 7.49. The average Bonchev–Trinajstić information content (AvgIpc) is 3.34. The number of pyridine rings is 1. The van der Waals surface area contributed by atoms with E-state index < -0.39 is 6.10 Å². The summed E-state index contributed by atoms with van der Waals surface area (Å²) in [6, 6.07) is 15.5. The van der Waals surface area contributed by atoms with Crippen molar-refractivity contribution in [2.24, 2.45) is 5.41 Å². The predicted octanol–water partition coefficient (Wildman–Crippen LogP) is 3.19. The maximum Gasteiger partial charge on any atom is 0.144 e. The van der Waals surface area contributed by atoms with Crippen LogP contribution in [0.2, 0.25) is 0 Å². The van der Waals surface area contributed by atoms with Crippen molar-refractivity contribution in [1.82, 2.24) is 4.98 Å². The highest BCUT2D eigenvalue weighted by atomic mass is 16.3. The number of hydrogen-bond acceptors (Lipinski definition) is 4. The fourth-order valence-electron chi connectivity index (χ4n) is 2.74. The maximum absolute atomic E-state index is 10.6. The van der Waals surface area contributed by atoms with Gasteiger partial charge in [-0.05, 0) is 37.5 Å². The predicted molar refractivity (Wildman–Crippen MR) is 85.2 cm³/mol. The minimum Gasteiger partial charge on any atom is -0.388 e. The van der Waals surface area contributed by atoms with Crippen molar-refractivity contribution in [2.75, 3.05) is 11.9 Å². The summed E-state index contributed by atoms with van der Waals surface area (Å²) in [6.07, 6.45) is 1.46. The summed E-state index contributed by atoms with van der Waals surface area (Å²) in [7, 11) is 0. The number of aryl methyl sites for hydroxylation is 1. The summed E-state index contributed by atoms with van der Waals surface area (Å²) in [5.41, 5.74) is 2.20. The fourth-order valence-corrected chi connectivity index (χ4v) is 2.74. The lowest BCUT2D eigenvalue weighted by Gasteiger charge is -2.23. The molecule has 0 aliphatic heterocycles. The second kappa shape index (κ2) is 5.78.